The average molecular weight is 298 g/mol. The topological polar surface area (TPSA) is 25.2 Å². The van der Waals surface area contributed by atoms with Crippen molar-refractivity contribution >= 4 is 15.9 Å². The van der Waals surface area contributed by atoms with Crippen LogP contribution >= 0.6 is 15.9 Å². The molecule has 0 amide bonds. The Bertz CT molecular complexity index is 524. The highest BCUT2D eigenvalue weighted by Crippen LogP contribution is 2.28. The van der Waals surface area contributed by atoms with E-state index in [0.717, 1.165) is 16.9 Å². The molecule has 4 heteroatoms. The number of hydrogen-bond acceptors (Lipinski definition) is 2. The molecule has 2 aromatic rings. The molecule has 0 aliphatic heterocycles. The number of rotatable bonds is 3. The molecule has 1 unspecified atom stereocenters. The number of benzene rings is 1. The molecule has 2 rings (SSSR count). The summed E-state index contributed by atoms with van der Waals surface area (Å²) >= 11 is 3.20. The molecule has 2 nitrogen and oxygen atoms in total. The Hall–Kier alpha value is -1.13. The van der Waals surface area contributed by atoms with Crippen LogP contribution in [0, 0.1) is 12.7 Å². The van der Waals surface area contributed by atoms with E-state index in [1.807, 2.05) is 20.0 Å². The highest BCUT2D eigenvalue weighted by atomic mass is 79.9. The van der Waals surface area contributed by atoms with Crippen molar-refractivity contribution in [1.29, 1.82) is 0 Å². The summed E-state index contributed by atoms with van der Waals surface area (Å²) in [6.45, 7) is 1.91. The second kappa shape index (κ2) is 5.02. The van der Waals surface area contributed by atoms with Gasteiger partial charge < -0.3 is 9.73 Å². The molecule has 90 valence electrons. The number of hydrogen-bond donors (Lipinski definition) is 1. The van der Waals surface area contributed by atoms with E-state index in [0.29, 0.717) is 4.47 Å². The van der Waals surface area contributed by atoms with Crippen molar-refractivity contribution in [3.8, 4) is 0 Å². The normalized spacial score (nSPS) is 12.7. The summed E-state index contributed by atoms with van der Waals surface area (Å²) in [6.07, 6.45) is 1.66. The van der Waals surface area contributed by atoms with Crippen LogP contribution in [0.4, 0.5) is 4.39 Å². The first kappa shape index (κ1) is 12.3. The highest BCUT2D eigenvalue weighted by Gasteiger charge is 2.17. The molecule has 0 bridgehead atoms. The molecule has 0 radical (unpaired) electrons. The van der Waals surface area contributed by atoms with Gasteiger partial charge in [0, 0.05) is 5.56 Å². The maximum atomic E-state index is 13.2. The third-order valence-electron chi connectivity index (χ3n) is 2.78. The monoisotopic (exact) mass is 297 g/mol. The number of aryl methyl sites for hydroxylation is 1. The minimum atomic E-state index is -0.257. The van der Waals surface area contributed by atoms with Crippen molar-refractivity contribution in [2.45, 2.75) is 13.0 Å². The van der Waals surface area contributed by atoms with Crippen molar-refractivity contribution in [2.24, 2.45) is 0 Å². The fourth-order valence-corrected chi connectivity index (χ4v) is 2.28. The van der Waals surface area contributed by atoms with Gasteiger partial charge in [0.25, 0.3) is 0 Å². The summed E-state index contributed by atoms with van der Waals surface area (Å²) in [5.74, 6) is 0.609. The zero-order valence-electron chi connectivity index (χ0n) is 9.63. The van der Waals surface area contributed by atoms with Crippen LogP contribution < -0.4 is 5.32 Å². The molecule has 1 atom stereocenters. The van der Waals surface area contributed by atoms with E-state index in [1.54, 1.807) is 18.4 Å². The SMILES string of the molecule is CNC(c1ccc(F)c(Br)c1)c1ccoc1C. The molecule has 1 heterocycles. The minimum Gasteiger partial charge on any atom is -0.469 e. The van der Waals surface area contributed by atoms with Crippen LogP contribution in [-0.4, -0.2) is 7.05 Å². The van der Waals surface area contributed by atoms with E-state index in [2.05, 4.69) is 21.2 Å². The Kier molecular flexibility index (Phi) is 3.64. The Labute approximate surface area is 108 Å². The lowest BCUT2D eigenvalue weighted by atomic mass is 9.99. The third-order valence-corrected chi connectivity index (χ3v) is 3.38. The third kappa shape index (κ3) is 2.42. The fraction of sp³-hybridized carbons (Fsp3) is 0.231. The molecular weight excluding hydrogens is 285 g/mol. The van der Waals surface area contributed by atoms with Crippen LogP contribution in [-0.2, 0) is 0 Å². The van der Waals surface area contributed by atoms with Crippen LogP contribution in [0.1, 0.15) is 22.9 Å². The van der Waals surface area contributed by atoms with Gasteiger partial charge in [0.05, 0.1) is 16.8 Å². The maximum Gasteiger partial charge on any atom is 0.137 e. The van der Waals surface area contributed by atoms with E-state index in [1.165, 1.54) is 6.07 Å². The maximum absolute atomic E-state index is 13.2. The number of furan rings is 1. The van der Waals surface area contributed by atoms with Crippen LogP contribution in [0.2, 0.25) is 0 Å². The molecule has 0 aliphatic rings. The lowest BCUT2D eigenvalue weighted by Gasteiger charge is -2.16. The smallest absolute Gasteiger partial charge is 0.137 e. The Morgan fingerprint density at radius 1 is 1.35 bits per heavy atom. The van der Waals surface area contributed by atoms with Gasteiger partial charge in [0.15, 0.2) is 0 Å². The highest BCUT2D eigenvalue weighted by molar-refractivity contribution is 9.10. The van der Waals surface area contributed by atoms with Crippen LogP contribution in [0.25, 0.3) is 0 Å². The predicted molar refractivity (Wildman–Crippen MR) is 68.4 cm³/mol. The van der Waals surface area contributed by atoms with Crippen molar-refractivity contribution in [3.63, 3.8) is 0 Å². The summed E-state index contributed by atoms with van der Waals surface area (Å²) in [7, 11) is 1.87. The summed E-state index contributed by atoms with van der Waals surface area (Å²) in [6, 6.07) is 6.94. The minimum absolute atomic E-state index is 0.00523. The first-order chi connectivity index (χ1) is 8.13. The van der Waals surface area contributed by atoms with Gasteiger partial charge in [-0.3, -0.25) is 0 Å². The lowest BCUT2D eigenvalue weighted by Crippen LogP contribution is -2.17. The first-order valence-corrected chi connectivity index (χ1v) is 6.09. The summed E-state index contributed by atoms with van der Waals surface area (Å²) < 4.78 is 19.0. The lowest BCUT2D eigenvalue weighted by molar-refractivity contribution is 0.523. The van der Waals surface area contributed by atoms with Gasteiger partial charge in [0.2, 0.25) is 0 Å². The van der Waals surface area contributed by atoms with Gasteiger partial charge in [-0.05, 0) is 53.7 Å². The molecular formula is C13H13BrFNO. The molecule has 0 saturated heterocycles. The molecule has 1 aromatic carbocycles. The van der Waals surface area contributed by atoms with E-state index in [9.17, 15) is 4.39 Å². The van der Waals surface area contributed by atoms with Crippen molar-refractivity contribution in [1.82, 2.24) is 5.32 Å². The second-order valence-corrected chi connectivity index (χ2v) is 4.68. The molecule has 0 spiro atoms. The first-order valence-electron chi connectivity index (χ1n) is 5.29. The number of nitrogens with one attached hydrogen (secondary N) is 1. The zero-order chi connectivity index (χ0) is 12.4. The Balaban J connectivity index is 2.42. The van der Waals surface area contributed by atoms with Crippen molar-refractivity contribution in [2.75, 3.05) is 7.05 Å². The molecule has 0 aliphatic carbocycles. The van der Waals surface area contributed by atoms with Gasteiger partial charge in [-0.15, -0.1) is 0 Å². The average Bonchev–Trinajstić information content (AvgIpc) is 2.71. The zero-order valence-corrected chi connectivity index (χ0v) is 11.2. The molecule has 17 heavy (non-hydrogen) atoms. The van der Waals surface area contributed by atoms with Crippen LogP contribution in [0.5, 0.6) is 0 Å². The standard InChI is InChI=1S/C13H13BrFNO/c1-8-10(5-6-17-8)13(16-2)9-3-4-12(15)11(14)7-9/h3-7,13,16H,1-2H3. The van der Waals surface area contributed by atoms with Gasteiger partial charge >= 0.3 is 0 Å². The van der Waals surface area contributed by atoms with Gasteiger partial charge in [-0.1, -0.05) is 6.07 Å². The second-order valence-electron chi connectivity index (χ2n) is 3.83. The Morgan fingerprint density at radius 3 is 2.65 bits per heavy atom. The summed E-state index contributed by atoms with van der Waals surface area (Å²) in [5.41, 5.74) is 2.05. The largest absolute Gasteiger partial charge is 0.469 e. The van der Waals surface area contributed by atoms with Gasteiger partial charge in [0.1, 0.15) is 11.6 Å². The van der Waals surface area contributed by atoms with E-state index < -0.39 is 0 Å². The molecule has 0 fully saturated rings. The van der Waals surface area contributed by atoms with E-state index in [4.69, 9.17) is 4.42 Å². The van der Waals surface area contributed by atoms with E-state index in [-0.39, 0.29) is 11.9 Å². The van der Waals surface area contributed by atoms with E-state index >= 15 is 0 Å². The number of halogens is 2. The quantitative estimate of drug-likeness (QED) is 0.932. The summed E-state index contributed by atoms with van der Waals surface area (Å²) in [4.78, 5) is 0. The molecule has 1 N–H and O–H groups in total. The fourth-order valence-electron chi connectivity index (χ4n) is 1.89. The molecule has 0 saturated carbocycles. The van der Waals surface area contributed by atoms with Gasteiger partial charge in [-0.25, -0.2) is 4.39 Å². The van der Waals surface area contributed by atoms with Gasteiger partial charge in [-0.2, -0.15) is 0 Å². The van der Waals surface area contributed by atoms with Crippen LogP contribution in [0.15, 0.2) is 39.4 Å². The Morgan fingerprint density at radius 2 is 2.12 bits per heavy atom. The summed E-state index contributed by atoms with van der Waals surface area (Å²) in [5, 5.41) is 3.20. The van der Waals surface area contributed by atoms with Crippen LogP contribution in [0.3, 0.4) is 0 Å². The molecule has 1 aromatic heterocycles. The van der Waals surface area contributed by atoms with Crippen molar-refractivity contribution < 1.29 is 8.81 Å². The predicted octanol–water partition coefficient (Wildman–Crippen LogP) is 3.80. The van der Waals surface area contributed by atoms with Crippen molar-refractivity contribution in [3.05, 3.63) is 57.7 Å².